The number of rotatable bonds is 7. The van der Waals surface area contributed by atoms with Crippen molar-refractivity contribution in [3.63, 3.8) is 0 Å². The summed E-state index contributed by atoms with van der Waals surface area (Å²) in [5.74, 6) is 0.630. The molecule has 0 saturated heterocycles. The second kappa shape index (κ2) is 7.93. The lowest BCUT2D eigenvalue weighted by Crippen LogP contribution is -2.13. The predicted molar refractivity (Wildman–Crippen MR) is 88.0 cm³/mol. The molecule has 2 rings (SSSR count). The van der Waals surface area contributed by atoms with Crippen LogP contribution in [0.2, 0.25) is 0 Å². The maximum Gasteiger partial charge on any atom is 0.255 e. The van der Waals surface area contributed by atoms with Gasteiger partial charge in [0.05, 0.1) is 18.9 Å². The molecule has 0 saturated carbocycles. The average molecular weight is 313 g/mol. The predicted octanol–water partition coefficient (Wildman–Crippen LogP) is 4.40. The molecule has 0 aromatic heterocycles. The zero-order valence-electron chi connectivity index (χ0n) is 13.1. The third kappa shape index (κ3) is 4.06. The van der Waals surface area contributed by atoms with Crippen molar-refractivity contribution >= 4 is 17.3 Å². The van der Waals surface area contributed by atoms with Gasteiger partial charge in [-0.2, -0.15) is 5.11 Å². The van der Waals surface area contributed by atoms with Gasteiger partial charge < -0.3 is 14.8 Å². The van der Waals surface area contributed by atoms with Gasteiger partial charge in [-0.3, -0.25) is 4.79 Å². The lowest BCUT2D eigenvalue weighted by Gasteiger charge is -2.15. The third-order valence-electron chi connectivity index (χ3n) is 3.07. The molecule has 2 aromatic carbocycles. The van der Waals surface area contributed by atoms with E-state index in [0.717, 1.165) is 0 Å². The molecular weight excluding hydrogens is 294 g/mol. The minimum absolute atomic E-state index is 0.246. The van der Waals surface area contributed by atoms with Gasteiger partial charge >= 0.3 is 0 Å². The van der Waals surface area contributed by atoms with Crippen LogP contribution in [0.1, 0.15) is 24.2 Å². The highest BCUT2D eigenvalue weighted by Crippen LogP contribution is 2.38. The highest BCUT2D eigenvalue weighted by atomic mass is 16.5. The molecule has 2 aromatic rings. The van der Waals surface area contributed by atoms with Crippen LogP contribution in [-0.4, -0.2) is 19.1 Å². The number of hydrogen-bond acceptors (Lipinski definition) is 5. The summed E-state index contributed by atoms with van der Waals surface area (Å²) in [5, 5.41) is 6.26. The SMILES string of the molecule is CCOc1cc(NC(=O)c2ccccc2)c(OCC)cc1N=N. The van der Waals surface area contributed by atoms with E-state index >= 15 is 0 Å². The van der Waals surface area contributed by atoms with Gasteiger partial charge in [0.15, 0.2) is 0 Å². The van der Waals surface area contributed by atoms with Crippen molar-refractivity contribution in [1.82, 2.24) is 0 Å². The van der Waals surface area contributed by atoms with Crippen LogP contribution in [0.5, 0.6) is 11.5 Å². The number of anilines is 1. The maximum atomic E-state index is 12.3. The van der Waals surface area contributed by atoms with Gasteiger partial charge in [-0.05, 0) is 26.0 Å². The standard InChI is InChI=1S/C17H19N3O3/c1-3-22-15-11-14(20-18)16(23-4-2)10-13(15)19-17(21)12-8-6-5-7-9-12/h5-11,18H,3-4H2,1-2H3,(H,19,21). The van der Waals surface area contributed by atoms with Gasteiger partial charge in [0.2, 0.25) is 0 Å². The van der Waals surface area contributed by atoms with Gasteiger partial charge in [-0.15, -0.1) is 0 Å². The van der Waals surface area contributed by atoms with Crippen LogP contribution in [0.3, 0.4) is 0 Å². The average Bonchev–Trinajstić information content (AvgIpc) is 2.58. The van der Waals surface area contributed by atoms with E-state index in [1.165, 1.54) is 0 Å². The molecule has 2 N–H and O–H groups in total. The molecule has 0 fully saturated rings. The fraction of sp³-hybridized carbons (Fsp3) is 0.235. The molecular formula is C17H19N3O3. The Labute approximate surface area is 134 Å². The van der Waals surface area contributed by atoms with E-state index in [0.29, 0.717) is 41.7 Å². The number of carbonyl (C=O) groups excluding carboxylic acids is 1. The van der Waals surface area contributed by atoms with Gasteiger partial charge in [-0.1, -0.05) is 18.2 Å². The quantitative estimate of drug-likeness (QED) is 0.743. The number of nitrogens with zero attached hydrogens (tertiary/aromatic N) is 1. The van der Waals surface area contributed by atoms with Crippen LogP contribution in [0.4, 0.5) is 11.4 Å². The van der Waals surface area contributed by atoms with Crippen LogP contribution in [0.25, 0.3) is 0 Å². The molecule has 0 aliphatic carbocycles. The number of ether oxygens (including phenoxy) is 2. The topological polar surface area (TPSA) is 83.8 Å². The fourth-order valence-corrected chi connectivity index (χ4v) is 2.06. The van der Waals surface area contributed by atoms with Gasteiger partial charge in [0, 0.05) is 17.7 Å². The molecule has 0 aliphatic rings. The Morgan fingerprint density at radius 2 is 1.74 bits per heavy atom. The zero-order valence-corrected chi connectivity index (χ0v) is 13.1. The highest BCUT2D eigenvalue weighted by Gasteiger charge is 2.15. The van der Waals surface area contributed by atoms with Gasteiger partial charge in [0.1, 0.15) is 17.2 Å². The second-order valence-electron chi connectivity index (χ2n) is 4.61. The first kappa shape index (κ1) is 16.5. The Morgan fingerprint density at radius 3 is 2.35 bits per heavy atom. The molecule has 120 valence electrons. The summed E-state index contributed by atoms with van der Waals surface area (Å²) in [6, 6.07) is 12.1. The van der Waals surface area contributed by atoms with E-state index in [1.807, 2.05) is 19.9 Å². The van der Waals surface area contributed by atoms with Crippen LogP contribution < -0.4 is 14.8 Å². The molecule has 0 radical (unpaired) electrons. The van der Waals surface area contributed by atoms with Crippen LogP contribution in [0.15, 0.2) is 47.6 Å². The molecule has 1 amide bonds. The Bertz CT molecular complexity index is 687. The fourth-order valence-electron chi connectivity index (χ4n) is 2.06. The summed E-state index contributed by atoms with van der Waals surface area (Å²) in [6.07, 6.45) is 0. The summed E-state index contributed by atoms with van der Waals surface area (Å²) >= 11 is 0. The molecule has 6 heteroatoms. The van der Waals surface area contributed by atoms with Crippen LogP contribution in [0, 0.1) is 5.53 Å². The van der Waals surface area contributed by atoms with Crippen LogP contribution >= 0.6 is 0 Å². The summed E-state index contributed by atoms with van der Waals surface area (Å²) in [6.45, 7) is 4.55. The van der Waals surface area contributed by atoms with Crippen molar-refractivity contribution in [3.05, 3.63) is 48.0 Å². The van der Waals surface area contributed by atoms with Crippen LogP contribution in [-0.2, 0) is 0 Å². The zero-order chi connectivity index (χ0) is 16.7. The largest absolute Gasteiger partial charge is 0.492 e. The first-order valence-corrected chi connectivity index (χ1v) is 7.37. The van der Waals surface area contributed by atoms with E-state index in [1.54, 1.807) is 36.4 Å². The molecule has 0 atom stereocenters. The van der Waals surface area contributed by atoms with E-state index in [2.05, 4.69) is 10.4 Å². The Hall–Kier alpha value is -2.89. The molecule has 23 heavy (non-hydrogen) atoms. The van der Waals surface area contributed by atoms with Crippen molar-refractivity contribution in [3.8, 4) is 11.5 Å². The summed E-state index contributed by atoms with van der Waals surface area (Å²) in [5.41, 5.74) is 8.62. The highest BCUT2D eigenvalue weighted by molar-refractivity contribution is 6.05. The number of carbonyl (C=O) groups is 1. The van der Waals surface area contributed by atoms with Crippen molar-refractivity contribution in [2.75, 3.05) is 18.5 Å². The number of benzene rings is 2. The smallest absolute Gasteiger partial charge is 0.255 e. The van der Waals surface area contributed by atoms with Crippen molar-refractivity contribution in [2.45, 2.75) is 13.8 Å². The lowest BCUT2D eigenvalue weighted by atomic mass is 10.2. The normalized spacial score (nSPS) is 10.0. The lowest BCUT2D eigenvalue weighted by molar-refractivity contribution is 0.102. The number of nitrogens with one attached hydrogen (secondary N) is 2. The van der Waals surface area contributed by atoms with Gasteiger partial charge in [0.25, 0.3) is 5.91 Å². The molecule has 0 spiro atoms. The molecule has 0 bridgehead atoms. The van der Waals surface area contributed by atoms with E-state index in [-0.39, 0.29) is 5.91 Å². The molecule has 0 heterocycles. The first-order chi connectivity index (χ1) is 11.2. The minimum Gasteiger partial charge on any atom is -0.492 e. The molecule has 0 aliphatic heterocycles. The van der Waals surface area contributed by atoms with E-state index in [4.69, 9.17) is 15.0 Å². The Kier molecular flexibility index (Phi) is 5.68. The molecule has 0 unspecified atom stereocenters. The van der Waals surface area contributed by atoms with Crippen molar-refractivity contribution in [2.24, 2.45) is 5.11 Å². The van der Waals surface area contributed by atoms with E-state index < -0.39 is 0 Å². The van der Waals surface area contributed by atoms with Crippen molar-refractivity contribution in [1.29, 1.82) is 5.53 Å². The maximum absolute atomic E-state index is 12.3. The minimum atomic E-state index is -0.246. The second-order valence-corrected chi connectivity index (χ2v) is 4.61. The first-order valence-electron chi connectivity index (χ1n) is 7.37. The van der Waals surface area contributed by atoms with Gasteiger partial charge in [-0.25, -0.2) is 5.53 Å². The number of hydrogen-bond donors (Lipinski definition) is 2. The van der Waals surface area contributed by atoms with E-state index in [9.17, 15) is 4.79 Å². The summed E-state index contributed by atoms with van der Waals surface area (Å²) in [7, 11) is 0. The third-order valence-corrected chi connectivity index (χ3v) is 3.07. The molecule has 6 nitrogen and oxygen atoms in total. The monoisotopic (exact) mass is 313 g/mol. The number of amides is 1. The Balaban J connectivity index is 2.36. The van der Waals surface area contributed by atoms with Crippen molar-refractivity contribution < 1.29 is 14.3 Å². The summed E-state index contributed by atoms with van der Waals surface area (Å²) < 4.78 is 11.0. The summed E-state index contributed by atoms with van der Waals surface area (Å²) in [4.78, 5) is 12.3. The Morgan fingerprint density at radius 1 is 1.09 bits per heavy atom.